The molecule has 2 N–H and O–H groups in total. The molecule has 1 fully saturated rings. The fourth-order valence-corrected chi connectivity index (χ4v) is 3.76. The number of likely N-dealkylation sites (N-methyl/N-ethyl adjacent to an activating group) is 1. The van der Waals surface area contributed by atoms with E-state index in [1.165, 1.54) is 17.8 Å². The van der Waals surface area contributed by atoms with Crippen LogP contribution in [0, 0.1) is 5.82 Å². The van der Waals surface area contributed by atoms with E-state index in [-0.39, 0.29) is 5.82 Å². The predicted molar refractivity (Wildman–Crippen MR) is 105 cm³/mol. The Hall–Kier alpha value is -2.93. The first kappa shape index (κ1) is 16.3. The number of anilines is 1. The summed E-state index contributed by atoms with van der Waals surface area (Å²) in [7, 11) is 2.17. The van der Waals surface area contributed by atoms with Gasteiger partial charge in [-0.1, -0.05) is 0 Å². The van der Waals surface area contributed by atoms with Crippen LogP contribution in [0.25, 0.3) is 33.5 Å². The third-order valence-electron chi connectivity index (χ3n) is 5.54. The summed E-state index contributed by atoms with van der Waals surface area (Å²) in [5.41, 5.74) is 4.45. The van der Waals surface area contributed by atoms with Crippen LogP contribution in [0.5, 0.6) is 0 Å². The average molecular weight is 364 g/mol. The van der Waals surface area contributed by atoms with Crippen LogP contribution in [0.4, 0.5) is 10.1 Å². The summed E-state index contributed by atoms with van der Waals surface area (Å²) in [5, 5.41) is 8.06. The molecular formula is C20H21FN6. The highest BCUT2D eigenvalue weighted by Crippen LogP contribution is 2.28. The Labute approximate surface area is 156 Å². The maximum Gasteiger partial charge on any atom is 0.159 e. The van der Waals surface area contributed by atoms with E-state index in [9.17, 15) is 4.39 Å². The van der Waals surface area contributed by atoms with Crippen LogP contribution in [0.2, 0.25) is 0 Å². The van der Waals surface area contributed by atoms with Gasteiger partial charge in [-0.25, -0.2) is 9.37 Å². The highest BCUT2D eigenvalue weighted by molar-refractivity contribution is 5.93. The summed E-state index contributed by atoms with van der Waals surface area (Å²) in [6, 6.07) is 11.5. The van der Waals surface area contributed by atoms with Gasteiger partial charge in [0, 0.05) is 36.7 Å². The average Bonchev–Trinajstić information content (AvgIpc) is 3.26. The number of imidazole rings is 1. The summed E-state index contributed by atoms with van der Waals surface area (Å²) >= 11 is 0. The Morgan fingerprint density at radius 2 is 2.00 bits per heavy atom. The van der Waals surface area contributed by atoms with Gasteiger partial charge in [-0.2, -0.15) is 5.10 Å². The third-order valence-corrected chi connectivity index (χ3v) is 5.54. The third kappa shape index (κ3) is 2.75. The van der Waals surface area contributed by atoms with Crippen LogP contribution in [0.15, 0.2) is 36.4 Å². The molecule has 138 valence electrons. The second-order valence-electron chi connectivity index (χ2n) is 7.32. The molecule has 0 unspecified atom stereocenters. The van der Waals surface area contributed by atoms with Gasteiger partial charge >= 0.3 is 0 Å². The van der Waals surface area contributed by atoms with Crippen LogP contribution >= 0.6 is 0 Å². The van der Waals surface area contributed by atoms with Crippen molar-refractivity contribution in [2.75, 3.05) is 31.6 Å². The summed E-state index contributed by atoms with van der Waals surface area (Å²) in [4.78, 5) is 12.9. The van der Waals surface area contributed by atoms with Crippen molar-refractivity contribution in [3.8, 4) is 11.5 Å². The van der Waals surface area contributed by atoms with Gasteiger partial charge < -0.3 is 14.8 Å². The molecule has 0 radical (unpaired) electrons. The van der Waals surface area contributed by atoms with Crippen LogP contribution < -0.4 is 4.90 Å². The second kappa shape index (κ2) is 6.06. The van der Waals surface area contributed by atoms with Gasteiger partial charge in [-0.15, -0.1) is 0 Å². The van der Waals surface area contributed by atoms with E-state index in [4.69, 9.17) is 0 Å². The number of nitrogens with one attached hydrogen (secondary N) is 2. The molecule has 2 aromatic carbocycles. The van der Waals surface area contributed by atoms with Crippen LogP contribution in [-0.4, -0.2) is 57.8 Å². The molecule has 0 amide bonds. The number of halogens is 1. The number of aromatic nitrogens is 4. The Kier molecular flexibility index (Phi) is 3.65. The highest BCUT2D eigenvalue weighted by atomic mass is 19.1. The molecule has 0 spiro atoms. The van der Waals surface area contributed by atoms with Gasteiger partial charge in [-0.05, 0) is 50.4 Å². The minimum absolute atomic E-state index is 0.284. The molecular weight excluding hydrogens is 343 g/mol. The molecule has 4 aromatic rings. The standard InChI is InChI=1S/C20H21FN6/c1-12-11-27(8-7-26(12)2)14-4-6-16-18(10-14)23-20(22-16)19-15-5-3-13(21)9-17(15)24-25-19/h3-6,9-10,12H,7-8,11H2,1-2H3,(H,22,23)(H,24,25)/t12-/m1/s1. The van der Waals surface area contributed by atoms with Crippen molar-refractivity contribution >= 4 is 27.6 Å². The molecule has 1 aliphatic rings. The molecule has 3 heterocycles. The fraction of sp³-hybridized carbons (Fsp3) is 0.300. The minimum Gasteiger partial charge on any atom is -0.369 e. The SMILES string of the molecule is C[C@@H]1CN(c2ccc3nc(-c4n[nH]c5cc(F)ccc45)[nH]c3c2)CCN1C. The molecule has 7 heteroatoms. The first-order chi connectivity index (χ1) is 13.1. The van der Waals surface area contributed by atoms with Crippen molar-refractivity contribution in [3.63, 3.8) is 0 Å². The zero-order chi connectivity index (χ0) is 18.5. The lowest BCUT2D eigenvalue weighted by atomic mass is 10.1. The monoisotopic (exact) mass is 364 g/mol. The Morgan fingerprint density at radius 1 is 1.11 bits per heavy atom. The van der Waals surface area contributed by atoms with Gasteiger partial charge in [-0.3, -0.25) is 5.10 Å². The molecule has 27 heavy (non-hydrogen) atoms. The predicted octanol–water partition coefficient (Wildman–Crippen LogP) is 3.39. The van der Waals surface area contributed by atoms with E-state index in [2.05, 4.69) is 56.1 Å². The number of aromatic amines is 2. The number of fused-ring (bicyclic) bond motifs is 2. The van der Waals surface area contributed by atoms with Crippen molar-refractivity contribution in [1.82, 2.24) is 25.1 Å². The summed E-state index contributed by atoms with van der Waals surface area (Å²) < 4.78 is 13.4. The van der Waals surface area contributed by atoms with E-state index >= 15 is 0 Å². The van der Waals surface area contributed by atoms with Crippen molar-refractivity contribution in [3.05, 3.63) is 42.2 Å². The normalized spacial score (nSPS) is 18.6. The minimum atomic E-state index is -0.284. The van der Waals surface area contributed by atoms with Crippen molar-refractivity contribution in [2.45, 2.75) is 13.0 Å². The van der Waals surface area contributed by atoms with Gasteiger partial charge in [0.15, 0.2) is 5.82 Å². The largest absolute Gasteiger partial charge is 0.369 e. The molecule has 0 saturated carbocycles. The summed E-state index contributed by atoms with van der Waals surface area (Å²) in [6.45, 7) is 5.34. The molecule has 0 bridgehead atoms. The summed E-state index contributed by atoms with van der Waals surface area (Å²) in [6.07, 6.45) is 0. The number of piperazine rings is 1. The van der Waals surface area contributed by atoms with Crippen LogP contribution in [-0.2, 0) is 0 Å². The summed E-state index contributed by atoms with van der Waals surface area (Å²) in [5.74, 6) is 0.403. The number of H-pyrrole nitrogens is 2. The first-order valence-corrected chi connectivity index (χ1v) is 9.17. The van der Waals surface area contributed by atoms with E-state index < -0.39 is 0 Å². The second-order valence-corrected chi connectivity index (χ2v) is 7.32. The van der Waals surface area contributed by atoms with E-state index in [0.29, 0.717) is 23.1 Å². The van der Waals surface area contributed by atoms with Gasteiger partial charge in [0.1, 0.15) is 11.5 Å². The van der Waals surface area contributed by atoms with Crippen molar-refractivity contribution in [2.24, 2.45) is 0 Å². The Morgan fingerprint density at radius 3 is 2.85 bits per heavy atom. The maximum atomic E-state index is 13.4. The molecule has 1 aliphatic heterocycles. The lowest BCUT2D eigenvalue weighted by Gasteiger charge is -2.39. The quantitative estimate of drug-likeness (QED) is 0.572. The number of nitrogens with zero attached hydrogens (tertiary/aromatic N) is 4. The number of rotatable bonds is 2. The Bertz CT molecular complexity index is 1130. The van der Waals surface area contributed by atoms with Gasteiger partial charge in [0.2, 0.25) is 0 Å². The van der Waals surface area contributed by atoms with E-state index in [0.717, 1.165) is 36.1 Å². The smallest absolute Gasteiger partial charge is 0.159 e. The zero-order valence-corrected chi connectivity index (χ0v) is 15.3. The van der Waals surface area contributed by atoms with Crippen LogP contribution in [0.3, 0.4) is 0 Å². The molecule has 2 aromatic heterocycles. The number of benzene rings is 2. The first-order valence-electron chi connectivity index (χ1n) is 9.17. The number of hydrogen-bond donors (Lipinski definition) is 2. The van der Waals surface area contributed by atoms with E-state index in [1.54, 1.807) is 6.07 Å². The fourth-order valence-electron chi connectivity index (χ4n) is 3.76. The van der Waals surface area contributed by atoms with Gasteiger partial charge in [0.25, 0.3) is 0 Å². The zero-order valence-electron chi connectivity index (χ0n) is 15.3. The number of hydrogen-bond acceptors (Lipinski definition) is 4. The Balaban J connectivity index is 1.52. The van der Waals surface area contributed by atoms with Crippen LogP contribution in [0.1, 0.15) is 6.92 Å². The van der Waals surface area contributed by atoms with Crippen molar-refractivity contribution in [1.29, 1.82) is 0 Å². The topological polar surface area (TPSA) is 63.8 Å². The molecule has 5 rings (SSSR count). The van der Waals surface area contributed by atoms with Crippen molar-refractivity contribution < 1.29 is 4.39 Å². The molecule has 0 aliphatic carbocycles. The molecule has 1 saturated heterocycles. The van der Waals surface area contributed by atoms with Gasteiger partial charge in [0.05, 0.1) is 16.6 Å². The lowest BCUT2D eigenvalue weighted by molar-refractivity contribution is 0.234. The molecule has 6 nitrogen and oxygen atoms in total. The maximum absolute atomic E-state index is 13.4. The lowest BCUT2D eigenvalue weighted by Crippen LogP contribution is -2.50. The highest BCUT2D eigenvalue weighted by Gasteiger charge is 2.21. The van der Waals surface area contributed by atoms with E-state index in [1.807, 2.05) is 6.07 Å². The molecule has 1 atom stereocenters.